The Bertz CT molecular complexity index is 359. The summed E-state index contributed by atoms with van der Waals surface area (Å²) in [4.78, 5) is 22.3. The average Bonchev–Trinajstić information content (AvgIpc) is 2.42. The molecule has 0 spiro atoms. The minimum atomic E-state index is -0.486. The van der Waals surface area contributed by atoms with Crippen molar-refractivity contribution in [3.8, 4) is 6.26 Å². The van der Waals surface area contributed by atoms with Crippen LogP contribution in [0.25, 0.3) is 0 Å². The fraction of sp³-hybridized carbons (Fsp3) is 0.643. The highest BCUT2D eigenvalue weighted by atomic mass is 16.6. The third-order valence-electron chi connectivity index (χ3n) is 2.37. The van der Waals surface area contributed by atoms with Gasteiger partial charge in [-0.05, 0) is 19.8 Å². The van der Waals surface area contributed by atoms with Crippen LogP contribution in [0.2, 0.25) is 0 Å². The number of rotatable bonds is 11. The first-order valence-electron chi connectivity index (χ1n) is 6.57. The molecule has 0 aromatic heterocycles. The van der Waals surface area contributed by atoms with Gasteiger partial charge in [-0.3, -0.25) is 4.79 Å². The van der Waals surface area contributed by atoms with Crippen molar-refractivity contribution in [3.63, 3.8) is 0 Å². The number of carbonyl (C=O) groups is 2. The Morgan fingerprint density at radius 1 is 1.05 bits per heavy atom. The van der Waals surface area contributed by atoms with E-state index in [4.69, 9.17) is 14.7 Å². The first kappa shape index (κ1) is 18.0. The molecule has 0 bridgehead atoms. The normalized spacial score (nSPS) is 9.40. The van der Waals surface area contributed by atoms with E-state index in [9.17, 15) is 9.59 Å². The Morgan fingerprint density at radius 3 is 2.35 bits per heavy atom. The van der Waals surface area contributed by atoms with Crippen molar-refractivity contribution in [1.82, 2.24) is 0 Å². The third kappa shape index (κ3) is 11.1. The molecule has 0 aliphatic rings. The molecule has 0 saturated heterocycles. The molecule has 0 atom stereocenters. The maximum atomic E-state index is 11.3. The van der Waals surface area contributed by atoms with Crippen LogP contribution in [0.3, 0.4) is 0 Å². The van der Waals surface area contributed by atoms with E-state index in [-0.39, 0.29) is 19.2 Å². The van der Waals surface area contributed by atoms with Gasteiger partial charge in [0.25, 0.3) is 6.26 Å². The molecule has 6 heteroatoms. The zero-order valence-corrected chi connectivity index (χ0v) is 11.9. The van der Waals surface area contributed by atoms with Crippen molar-refractivity contribution in [2.75, 3.05) is 19.8 Å². The number of nitrogens with zero attached hydrogens (tertiary/aromatic N) is 1. The van der Waals surface area contributed by atoms with Gasteiger partial charge in [-0.2, -0.15) is 5.26 Å². The van der Waals surface area contributed by atoms with E-state index in [1.165, 1.54) is 0 Å². The van der Waals surface area contributed by atoms with Crippen LogP contribution in [0.4, 0.5) is 0 Å². The summed E-state index contributed by atoms with van der Waals surface area (Å²) in [7, 11) is 0. The fourth-order valence-electron chi connectivity index (χ4n) is 1.33. The van der Waals surface area contributed by atoms with Crippen molar-refractivity contribution in [2.24, 2.45) is 0 Å². The van der Waals surface area contributed by atoms with Gasteiger partial charge in [-0.1, -0.05) is 19.4 Å². The summed E-state index contributed by atoms with van der Waals surface area (Å²) in [5.74, 6) is -0.787. The third-order valence-corrected chi connectivity index (χ3v) is 2.37. The summed E-state index contributed by atoms with van der Waals surface area (Å²) in [6.07, 6.45) is 5.28. The number of nitriles is 1. The molecule has 0 aliphatic heterocycles. The summed E-state index contributed by atoms with van der Waals surface area (Å²) in [5, 5.41) is 8.14. The van der Waals surface area contributed by atoms with Crippen LogP contribution < -0.4 is 0 Å². The molecule has 0 aromatic carbocycles. The number of unbranched alkanes of at least 4 members (excludes halogenated alkanes) is 3. The highest BCUT2D eigenvalue weighted by molar-refractivity contribution is 5.86. The zero-order valence-electron chi connectivity index (χ0n) is 11.9. The molecule has 0 fully saturated rings. The van der Waals surface area contributed by atoms with Gasteiger partial charge < -0.3 is 14.2 Å². The second-order valence-electron chi connectivity index (χ2n) is 4.24. The lowest BCUT2D eigenvalue weighted by atomic mass is 10.1. The van der Waals surface area contributed by atoms with Gasteiger partial charge in [0, 0.05) is 12.0 Å². The summed E-state index contributed by atoms with van der Waals surface area (Å²) >= 11 is 0. The predicted octanol–water partition coefficient (Wildman–Crippen LogP) is 2.10. The maximum absolute atomic E-state index is 11.3. The fourth-order valence-corrected chi connectivity index (χ4v) is 1.33. The predicted molar refractivity (Wildman–Crippen MR) is 71.4 cm³/mol. The van der Waals surface area contributed by atoms with E-state index >= 15 is 0 Å². The van der Waals surface area contributed by atoms with Gasteiger partial charge in [-0.25, -0.2) is 4.79 Å². The summed E-state index contributed by atoms with van der Waals surface area (Å²) in [6, 6.07) is 0. The lowest BCUT2D eigenvalue weighted by molar-refractivity contribution is -0.150. The molecule has 0 saturated carbocycles. The molecule has 0 unspecified atom stereocenters. The van der Waals surface area contributed by atoms with Gasteiger partial charge in [0.1, 0.15) is 19.8 Å². The van der Waals surface area contributed by atoms with Gasteiger partial charge in [0.2, 0.25) is 0 Å². The van der Waals surface area contributed by atoms with Gasteiger partial charge in [-0.15, -0.1) is 0 Å². The monoisotopic (exact) mass is 283 g/mol. The van der Waals surface area contributed by atoms with E-state index in [1.54, 1.807) is 13.2 Å². The second kappa shape index (κ2) is 12.0. The molecule has 0 aliphatic carbocycles. The molecule has 0 radical (unpaired) electrons. The Morgan fingerprint density at radius 2 is 1.70 bits per heavy atom. The standard InChI is InChI=1S/C14H21NO5/c1-12(2)14(17)20-10-9-19-13(16)7-5-3-4-6-8-18-11-15/h1,3-10H2,2H3. The smallest absolute Gasteiger partial charge is 0.333 e. The van der Waals surface area contributed by atoms with Gasteiger partial charge >= 0.3 is 11.9 Å². The van der Waals surface area contributed by atoms with E-state index in [2.05, 4.69) is 11.3 Å². The molecular formula is C14H21NO5. The Labute approximate surface area is 119 Å². The Balaban J connectivity index is 3.35. The number of hydrogen-bond acceptors (Lipinski definition) is 6. The summed E-state index contributed by atoms with van der Waals surface area (Å²) in [6.45, 7) is 5.52. The van der Waals surface area contributed by atoms with Crippen LogP contribution in [0.1, 0.15) is 39.0 Å². The molecule has 0 rings (SSSR count). The minimum Gasteiger partial charge on any atom is -0.462 e. The molecule has 0 amide bonds. The maximum Gasteiger partial charge on any atom is 0.333 e. The summed E-state index contributed by atoms with van der Waals surface area (Å²) < 4.78 is 14.2. The van der Waals surface area contributed by atoms with Gasteiger partial charge in [0.05, 0.1) is 0 Å². The van der Waals surface area contributed by atoms with Crippen LogP contribution in [-0.4, -0.2) is 31.8 Å². The largest absolute Gasteiger partial charge is 0.462 e. The molecule has 0 aromatic rings. The minimum absolute atomic E-state index is 0.0446. The second-order valence-corrected chi connectivity index (χ2v) is 4.24. The highest BCUT2D eigenvalue weighted by Gasteiger charge is 2.05. The van der Waals surface area contributed by atoms with E-state index < -0.39 is 5.97 Å². The quantitative estimate of drug-likeness (QED) is 0.250. The van der Waals surface area contributed by atoms with Crippen LogP contribution in [0.5, 0.6) is 0 Å². The topological polar surface area (TPSA) is 85.6 Å². The average molecular weight is 283 g/mol. The van der Waals surface area contributed by atoms with Crippen molar-refractivity contribution in [3.05, 3.63) is 12.2 Å². The lowest BCUT2D eigenvalue weighted by Crippen LogP contribution is -2.14. The van der Waals surface area contributed by atoms with Crippen molar-refractivity contribution >= 4 is 11.9 Å². The first-order chi connectivity index (χ1) is 9.57. The molecule has 20 heavy (non-hydrogen) atoms. The van der Waals surface area contributed by atoms with E-state index in [1.807, 2.05) is 0 Å². The van der Waals surface area contributed by atoms with Crippen molar-refractivity contribution < 1.29 is 23.8 Å². The highest BCUT2D eigenvalue weighted by Crippen LogP contribution is 2.04. The van der Waals surface area contributed by atoms with E-state index in [0.29, 0.717) is 18.6 Å². The van der Waals surface area contributed by atoms with Gasteiger partial charge in [0.15, 0.2) is 0 Å². The molecule has 0 heterocycles. The number of carbonyl (C=O) groups excluding carboxylic acids is 2. The SMILES string of the molecule is C=C(C)C(=O)OCCOC(=O)CCCCCCOC#N. The number of hydrogen-bond donors (Lipinski definition) is 0. The Kier molecular flexibility index (Phi) is 10.8. The lowest BCUT2D eigenvalue weighted by Gasteiger charge is -2.06. The summed E-state index contributed by atoms with van der Waals surface area (Å²) in [5.41, 5.74) is 0.316. The zero-order chi connectivity index (χ0) is 15.2. The molecular weight excluding hydrogens is 262 g/mol. The van der Waals surface area contributed by atoms with Crippen LogP contribution >= 0.6 is 0 Å². The Hall–Kier alpha value is -2.03. The number of esters is 2. The van der Waals surface area contributed by atoms with Crippen LogP contribution in [0, 0.1) is 11.5 Å². The molecule has 6 nitrogen and oxygen atoms in total. The van der Waals surface area contributed by atoms with Crippen molar-refractivity contribution in [1.29, 1.82) is 5.26 Å². The van der Waals surface area contributed by atoms with E-state index in [0.717, 1.165) is 25.7 Å². The van der Waals surface area contributed by atoms with Crippen LogP contribution in [-0.2, 0) is 23.8 Å². The first-order valence-corrected chi connectivity index (χ1v) is 6.57. The molecule has 112 valence electrons. The van der Waals surface area contributed by atoms with Crippen molar-refractivity contribution in [2.45, 2.75) is 39.0 Å². The number of ether oxygens (including phenoxy) is 3. The van der Waals surface area contributed by atoms with Crippen LogP contribution in [0.15, 0.2) is 12.2 Å². The molecule has 0 N–H and O–H groups in total.